The fourth-order valence-electron chi connectivity index (χ4n) is 2.79. The molecule has 0 aliphatic heterocycles. The summed E-state index contributed by atoms with van der Waals surface area (Å²) < 4.78 is 0. The first kappa shape index (κ1) is 15.0. The summed E-state index contributed by atoms with van der Waals surface area (Å²) in [6.07, 6.45) is 4.84. The van der Waals surface area contributed by atoms with Gasteiger partial charge in [-0.3, -0.25) is 0 Å². The van der Waals surface area contributed by atoms with Crippen LogP contribution in [-0.2, 0) is 13.0 Å². The maximum absolute atomic E-state index is 4.90. The third-order valence-electron chi connectivity index (χ3n) is 3.88. The van der Waals surface area contributed by atoms with Gasteiger partial charge in [0.1, 0.15) is 0 Å². The van der Waals surface area contributed by atoms with Crippen molar-refractivity contribution in [3.05, 3.63) is 33.0 Å². The molecule has 3 rings (SSSR count). The van der Waals surface area contributed by atoms with E-state index in [0.29, 0.717) is 6.04 Å². The van der Waals surface area contributed by atoms with Crippen LogP contribution in [0.1, 0.15) is 47.7 Å². The summed E-state index contributed by atoms with van der Waals surface area (Å²) in [5, 5.41) is 6.98. The molecule has 0 fully saturated rings. The second-order valence-corrected chi connectivity index (χ2v) is 7.68. The molecule has 21 heavy (non-hydrogen) atoms. The number of thiazole rings is 1. The van der Waals surface area contributed by atoms with Crippen molar-refractivity contribution in [2.24, 2.45) is 0 Å². The van der Waals surface area contributed by atoms with Gasteiger partial charge in [0.15, 0.2) is 5.13 Å². The van der Waals surface area contributed by atoms with Crippen LogP contribution in [-0.4, -0.2) is 18.6 Å². The molecule has 0 amide bonds. The Labute approximate surface area is 135 Å². The molecule has 5 heteroatoms. The second kappa shape index (κ2) is 6.90. The number of aromatic nitrogens is 1. The quantitative estimate of drug-likeness (QED) is 0.863. The van der Waals surface area contributed by atoms with E-state index in [0.717, 1.165) is 19.5 Å². The minimum atomic E-state index is 0.523. The number of fused-ring (bicyclic) bond motifs is 1. The lowest BCUT2D eigenvalue weighted by molar-refractivity contribution is 0.464. The van der Waals surface area contributed by atoms with Gasteiger partial charge in [-0.2, -0.15) is 0 Å². The fraction of sp³-hybridized carbons (Fsp3) is 0.562. The van der Waals surface area contributed by atoms with Gasteiger partial charge in [0.2, 0.25) is 0 Å². The molecule has 2 aromatic rings. The zero-order chi connectivity index (χ0) is 14.7. The Bertz CT molecular complexity index is 562. The summed E-state index contributed by atoms with van der Waals surface area (Å²) in [4.78, 5) is 10.1. The highest BCUT2D eigenvalue weighted by Crippen LogP contribution is 2.37. The van der Waals surface area contributed by atoms with Crippen molar-refractivity contribution in [2.45, 2.75) is 45.2 Å². The first-order valence-corrected chi connectivity index (χ1v) is 9.44. The second-order valence-electron chi connectivity index (χ2n) is 5.64. The van der Waals surface area contributed by atoms with E-state index in [1.807, 2.05) is 22.7 Å². The van der Waals surface area contributed by atoms with E-state index in [1.165, 1.54) is 39.8 Å². The van der Waals surface area contributed by atoms with E-state index < -0.39 is 0 Å². The van der Waals surface area contributed by atoms with Gasteiger partial charge in [0.05, 0.1) is 12.2 Å². The molecule has 1 aliphatic rings. The summed E-state index contributed by atoms with van der Waals surface area (Å²) in [6.45, 7) is 4.28. The zero-order valence-corrected chi connectivity index (χ0v) is 14.4. The van der Waals surface area contributed by atoms with E-state index in [4.69, 9.17) is 4.98 Å². The summed E-state index contributed by atoms with van der Waals surface area (Å²) in [5.74, 6) is 0. The van der Waals surface area contributed by atoms with E-state index in [-0.39, 0.29) is 0 Å². The van der Waals surface area contributed by atoms with Crippen molar-refractivity contribution in [1.82, 2.24) is 10.3 Å². The maximum Gasteiger partial charge on any atom is 0.185 e. The van der Waals surface area contributed by atoms with Crippen LogP contribution >= 0.6 is 22.7 Å². The molecule has 1 unspecified atom stereocenters. The highest BCUT2D eigenvalue weighted by molar-refractivity contribution is 7.15. The van der Waals surface area contributed by atoms with Crippen molar-refractivity contribution in [3.8, 4) is 0 Å². The van der Waals surface area contributed by atoms with Crippen molar-refractivity contribution in [3.63, 3.8) is 0 Å². The lowest BCUT2D eigenvalue weighted by Crippen LogP contribution is -2.24. The Balaban J connectivity index is 1.74. The summed E-state index contributed by atoms with van der Waals surface area (Å²) in [6, 6.07) is 4.83. The van der Waals surface area contributed by atoms with Crippen LogP contribution in [0.5, 0.6) is 0 Å². The average molecular weight is 322 g/mol. The topological polar surface area (TPSA) is 28.2 Å². The molecule has 2 aromatic heterocycles. The fourth-order valence-corrected chi connectivity index (χ4v) is 4.73. The van der Waals surface area contributed by atoms with E-state index in [1.54, 1.807) is 0 Å². The van der Waals surface area contributed by atoms with Crippen LogP contribution in [0.4, 0.5) is 5.13 Å². The number of hydrogen-bond acceptors (Lipinski definition) is 5. The van der Waals surface area contributed by atoms with Gasteiger partial charge in [-0.05, 0) is 43.7 Å². The lowest BCUT2D eigenvalue weighted by atomic mass is 9.98. The number of aryl methyl sites for hydroxylation is 1. The molecule has 3 nitrogen and oxygen atoms in total. The standard InChI is InChI=1S/C16H23N3S2/c1-3-9-17-13-7-4-8-14-15(13)21-16(18-14)19(2)11-12-6-5-10-20-12/h5-6,10,13,17H,3-4,7-9,11H2,1-2H3. The van der Waals surface area contributed by atoms with E-state index in [2.05, 4.69) is 41.7 Å². The van der Waals surface area contributed by atoms with Gasteiger partial charge in [0.25, 0.3) is 0 Å². The Morgan fingerprint density at radius 2 is 2.38 bits per heavy atom. The van der Waals surface area contributed by atoms with Crippen LogP contribution in [0.2, 0.25) is 0 Å². The summed E-state index contributed by atoms with van der Waals surface area (Å²) in [5.41, 5.74) is 1.33. The first-order valence-electron chi connectivity index (χ1n) is 7.74. The van der Waals surface area contributed by atoms with Gasteiger partial charge < -0.3 is 10.2 Å². The van der Waals surface area contributed by atoms with Gasteiger partial charge in [-0.15, -0.1) is 11.3 Å². The van der Waals surface area contributed by atoms with Crippen LogP contribution in [0.3, 0.4) is 0 Å². The molecule has 0 saturated heterocycles. The molecular formula is C16H23N3S2. The van der Waals surface area contributed by atoms with Crippen molar-refractivity contribution in [2.75, 3.05) is 18.5 Å². The summed E-state index contributed by atoms with van der Waals surface area (Å²) in [7, 11) is 2.15. The number of rotatable bonds is 6. The first-order chi connectivity index (χ1) is 10.3. The number of nitrogens with zero attached hydrogens (tertiary/aromatic N) is 2. The van der Waals surface area contributed by atoms with Crippen LogP contribution in [0, 0.1) is 0 Å². The molecule has 2 heterocycles. The minimum absolute atomic E-state index is 0.523. The molecule has 114 valence electrons. The molecule has 1 atom stereocenters. The predicted molar refractivity (Wildman–Crippen MR) is 92.5 cm³/mol. The van der Waals surface area contributed by atoms with Gasteiger partial charge in [-0.25, -0.2) is 4.98 Å². The molecule has 0 bridgehead atoms. The number of hydrogen-bond donors (Lipinski definition) is 1. The minimum Gasteiger partial charge on any atom is -0.346 e. The smallest absolute Gasteiger partial charge is 0.185 e. The third-order valence-corrected chi connectivity index (χ3v) is 6.07. The van der Waals surface area contributed by atoms with Crippen LogP contribution in [0.15, 0.2) is 17.5 Å². The number of nitrogens with one attached hydrogen (secondary N) is 1. The molecule has 0 spiro atoms. The Morgan fingerprint density at radius 1 is 1.48 bits per heavy atom. The zero-order valence-electron chi connectivity index (χ0n) is 12.8. The largest absolute Gasteiger partial charge is 0.346 e. The predicted octanol–water partition coefficient (Wildman–Crippen LogP) is 4.22. The Morgan fingerprint density at radius 3 is 3.14 bits per heavy atom. The maximum atomic E-state index is 4.90. The molecular weight excluding hydrogens is 298 g/mol. The number of anilines is 1. The summed E-state index contributed by atoms with van der Waals surface area (Å²) >= 11 is 3.70. The highest BCUT2D eigenvalue weighted by Gasteiger charge is 2.25. The van der Waals surface area contributed by atoms with Gasteiger partial charge in [-0.1, -0.05) is 24.3 Å². The highest BCUT2D eigenvalue weighted by atomic mass is 32.1. The Kier molecular flexibility index (Phi) is 4.93. The molecule has 0 radical (unpaired) electrons. The molecule has 0 saturated carbocycles. The third kappa shape index (κ3) is 3.47. The van der Waals surface area contributed by atoms with Crippen molar-refractivity contribution < 1.29 is 0 Å². The SMILES string of the molecule is CCCNC1CCCc2nc(N(C)Cc3cccs3)sc21. The van der Waals surface area contributed by atoms with E-state index >= 15 is 0 Å². The van der Waals surface area contributed by atoms with Crippen LogP contribution < -0.4 is 10.2 Å². The van der Waals surface area contributed by atoms with Gasteiger partial charge in [0, 0.05) is 22.8 Å². The average Bonchev–Trinajstić information content (AvgIpc) is 3.13. The number of thiophene rings is 1. The van der Waals surface area contributed by atoms with Gasteiger partial charge >= 0.3 is 0 Å². The van der Waals surface area contributed by atoms with Crippen molar-refractivity contribution in [1.29, 1.82) is 0 Å². The van der Waals surface area contributed by atoms with Crippen molar-refractivity contribution >= 4 is 27.8 Å². The monoisotopic (exact) mass is 321 g/mol. The molecule has 1 N–H and O–H groups in total. The van der Waals surface area contributed by atoms with Crippen LogP contribution in [0.25, 0.3) is 0 Å². The normalized spacial score (nSPS) is 17.7. The Hall–Kier alpha value is -0.910. The van der Waals surface area contributed by atoms with E-state index in [9.17, 15) is 0 Å². The molecule has 0 aromatic carbocycles. The molecule has 1 aliphatic carbocycles. The lowest BCUT2D eigenvalue weighted by Gasteiger charge is -2.22.